The van der Waals surface area contributed by atoms with Crippen LogP contribution in [0.25, 0.3) is 45.5 Å². The fraction of sp³-hybridized carbons (Fsp3) is 0. The van der Waals surface area contributed by atoms with E-state index in [0.29, 0.717) is 5.56 Å². The van der Waals surface area contributed by atoms with Gasteiger partial charge in [0.1, 0.15) is 0 Å². The Balaban J connectivity index is 1.19. The molecule has 0 spiro atoms. The van der Waals surface area contributed by atoms with E-state index in [1.165, 1.54) is 72.1 Å². The SMILES string of the molecule is C=Cc1ccc(-c2ccc(B3c4ccccc4N4c5ccccc5B(c5ccc(-c6ccc(C=C)cc6)cc5)c5cc(-c6ccc(C#N)cc6)cc3c54)cc2)cc1. The molecule has 0 saturated carbocycles. The monoisotopic (exact) mass is 722 g/mol. The van der Waals surface area contributed by atoms with Gasteiger partial charge in [0.25, 0.3) is 0 Å². The van der Waals surface area contributed by atoms with Crippen molar-refractivity contribution in [2.75, 3.05) is 4.90 Å². The summed E-state index contributed by atoms with van der Waals surface area (Å²) < 4.78 is 0. The van der Waals surface area contributed by atoms with Crippen LogP contribution in [0.4, 0.5) is 17.1 Å². The molecule has 264 valence electrons. The molecule has 57 heavy (non-hydrogen) atoms. The molecule has 0 aromatic heterocycles. The minimum atomic E-state index is -0.00597. The van der Waals surface area contributed by atoms with E-state index in [1.54, 1.807) is 0 Å². The maximum absolute atomic E-state index is 9.65. The van der Waals surface area contributed by atoms with Gasteiger partial charge in [-0.05, 0) is 90.6 Å². The molecule has 2 aliphatic rings. The Morgan fingerprint density at radius 1 is 0.421 bits per heavy atom. The van der Waals surface area contributed by atoms with E-state index < -0.39 is 0 Å². The zero-order valence-corrected chi connectivity index (χ0v) is 31.4. The van der Waals surface area contributed by atoms with Gasteiger partial charge in [-0.3, -0.25) is 0 Å². The Morgan fingerprint density at radius 3 is 1.19 bits per heavy atom. The summed E-state index contributed by atoms with van der Waals surface area (Å²) in [5.74, 6) is 0. The van der Waals surface area contributed by atoms with Crippen molar-refractivity contribution in [2.45, 2.75) is 0 Å². The predicted octanol–water partition coefficient (Wildman–Crippen LogP) is 8.97. The van der Waals surface area contributed by atoms with E-state index in [-0.39, 0.29) is 13.4 Å². The molecule has 0 unspecified atom stereocenters. The fourth-order valence-corrected chi connectivity index (χ4v) is 8.94. The van der Waals surface area contributed by atoms with Crippen molar-refractivity contribution >= 4 is 75.4 Å². The van der Waals surface area contributed by atoms with Crippen molar-refractivity contribution in [3.8, 4) is 39.4 Å². The zero-order valence-electron chi connectivity index (χ0n) is 31.4. The second-order valence-electron chi connectivity index (χ2n) is 14.9. The first-order valence-electron chi connectivity index (χ1n) is 19.4. The van der Waals surface area contributed by atoms with Crippen molar-refractivity contribution < 1.29 is 0 Å². The number of hydrogen-bond acceptors (Lipinski definition) is 2. The summed E-state index contributed by atoms with van der Waals surface area (Å²) >= 11 is 0. The summed E-state index contributed by atoms with van der Waals surface area (Å²) in [6, 6.07) is 68.3. The molecule has 0 amide bonds. The molecule has 0 atom stereocenters. The molecule has 0 fully saturated rings. The maximum atomic E-state index is 9.65. The molecule has 0 aliphatic carbocycles. The van der Waals surface area contributed by atoms with Gasteiger partial charge in [0, 0.05) is 17.1 Å². The Morgan fingerprint density at radius 2 is 0.789 bits per heavy atom. The second-order valence-corrected chi connectivity index (χ2v) is 14.9. The Labute approximate surface area is 335 Å². The number of nitrogens with zero attached hydrogens (tertiary/aromatic N) is 2. The Bertz CT molecular complexity index is 2700. The van der Waals surface area contributed by atoms with Crippen LogP contribution in [0.5, 0.6) is 0 Å². The summed E-state index contributed by atoms with van der Waals surface area (Å²) in [5, 5.41) is 9.65. The standard InChI is InChI=1S/C53H36B2N2/c1-3-36-13-19-39(20-14-36)41-25-29-45(30-26-41)54-47-9-5-7-11-51(47)57-52-12-8-6-10-48(52)55(46-31-27-42(28-32-46)40-21-15-37(4-2)16-22-40)50-34-44(33-49(54)53(50)57)43-23-17-38(35-56)18-24-43/h3-34H,1-2H2. The first kappa shape index (κ1) is 34.2. The van der Waals surface area contributed by atoms with E-state index in [1.807, 2.05) is 24.3 Å². The number of hydrogen-bond donors (Lipinski definition) is 0. The molecule has 8 aromatic carbocycles. The number of rotatable bonds is 7. The quantitative estimate of drug-likeness (QED) is 0.154. The van der Waals surface area contributed by atoms with Gasteiger partial charge in [-0.25, -0.2) is 0 Å². The van der Waals surface area contributed by atoms with E-state index in [9.17, 15) is 5.26 Å². The molecule has 0 saturated heterocycles. The van der Waals surface area contributed by atoms with Gasteiger partial charge in [-0.15, -0.1) is 0 Å². The van der Waals surface area contributed by atoms with Crippen LogP contribution in [0.3, 0.4) is 0 Å². The van der Waals surface area contributed by atoms with Gasteiger partial charge in [-0.2, -0.15) is 5.26 Å². The third-order valence-electron chi connectivity index (χ3n) is 11.8. The largest absolute Gasteiger partial charge is 0.313 e. The lowest BCUT2D eigenvalue weighted by Gasteiger charge is -2.44. The van der Waals surface area contributed by atoms with Crippen LogP contribution in [0.15, 0.2) is 195 Å². The predicted molar refractivity (Wildman–Crippen MR) is 245 cm³/mol. The number of nitriles is 1. The Hall–Kier alpha value is -7.34. The van der Waals surface area contributed by atoms with Crippen LogP contribution in [0.1, 0.15) is 16.7 Å². The van der Waals surface area contributed by atoms with Crippen LogP contribution < -0.4 is 37.7 Å². The van der Waals surface area contributed by atoms with Crippen LogP contribution in [-0.2, 0) is 0 Å². The first-order valence-corrected chi connectivity index (χ1v) is 19.4. The number of fused-ring (bicyclic) bond motifs is 4. The van der Waals surface area contributed by atoms with E-state index in [0.717, 1.165) is 22.3 Å². The van der Waals surface area contributed by atoms with Gasteiger partial charge >= 0.3 is 0 Å². The van der Waals surface area contributed by atoms with E-state index in [4.69, 9.17) is 0 Å². The highest BCUT2D eigenvalue weighted by molar-refractivity contribution is 7.02. The lowest BCUT2D eigenvalue weighted by molar-refractivity contribution is 1.30. The fourth-order valence-electron chi connectivity index (χ4n) is 8.94. The molecule has 2 heterocycles. The van der Waals surface area contributed by atoms with Crippen LogP contribution in [-0.4, -0.2) is 13.4 Å². The molecule has 2 aliphatic heterocycles. The van der Waals surface area contributed by atoms with Crippen molar-refractivity contribution in [1.29, 1.82) is 5.26 Å². The van der Waals surface area contributed by atoms with Gasteiger partial charge < -0.3 is 4.90 Å². The minimum Gasteiger partial charge on any atom is -0.313 e. The third-order valence-corrected chi connectivity index (χ3v) is 11.8. The van der Waals surface area contributed by atoms with Crippen molar-refractivity contribution in [2.24, 2.45) is 0 Å². The summed E-state index contributed by atoms with van der Waals surface area (Å²) in [7, 11) is 0. The molecule has 0 N–H and O–H groups in total. The smallest absolute Gasteiger partial charge is 0.246 e. The van der Waals surface area contributed by atoms with Crippen molar-refractivity contribution in [3.63, 3.8) is 0 Å². The van der Waals surface area contributed by atoms with Crippen LogP contribution in [0.2, 0.25) is 0 Å². The van der Waals surface area contributed by atoms with Gasteiger partial charge in [-0.1, -0.05) is 194 Å². The molecule has 2 nitrogen and oxygen atoms in total. The van der Waals surface area contributed by atoms with Crippen LogP contribution in [0, 0.1) is 11.3 Å². The molecular formula is C53H36B2N2. The average Bonchev–Trinajstić information content (AvgIpc) is 3.29. The lowest BCUT2D eigenvalue weighted by atomic mass is 9.30. The molecule has 4 heteroatoms. The Kier molecular flexibility index (Phi) is 8.43. The minimum absolute atomic E-state index is 0.00597. The van der Waals surface area contributed by atoms with Crippen LogP contribution >= 0.6 is 0 Å². The highest BCUT2D eigenvalue weighted by Crippen LogP contribution is 2.38. The van der Waals surface area contributed by atoms with E-state index >= 15 is 0 Å². The van der Waals surface area contributed by atoms with Gasteiger partial charge in [0.2, 0.25) is 13.4 Å². The highest BCUT2D eigenvalue weighted by Gasteiger charge is 2.43. The van der Waals surface area contributed by atoms with E-state index in [2.05, 4.69) is 194 Å². The van der Waals surface area contributed by atoms with Gasteiger partial charge in [0.05, 0.1) is 11.6 Å². The number of para-hydroxylation sites is 2. The maximum Gasteiger partial charge on any atom is 0.246 e. The van der Waals surface area contributed by atoms with Crippen molar-refractivity contribution in [1.82, 2.24) is 0 Å². The first-order chi connectivity index (χ1) is 28.1. The number of benzene rings is 8. The third kappa shape index (κ3) is 5.84. The summed E-state index contributed by atoms with van der Waals surface area (Å²) in [6.07, 6.45) is 3.76. The molecular weight excluding hydrogens is 686 g/mol. The summed E-state index contributed by atoms with van der Waals surface area (Å²) in [6.45, 7) is 7.84. The van der Waals surface area contributed by atoms with Crippen molar-refractivity contribution in [3.05, 3.63) is 212 Å². The molecule has 0 bridgehead atoms. The normalized spacial score (nSPS) is 12.2. The highest BCUT2D eigenvalue weighted by atomic mass is 15.2. The molecule has 0 radical (unpaired) electrons. The van der Waals surface area contributed by atoms with Gasteiger partial charge in [0.15, 0.2) is 0 Å². The summed E-state index contributed by atoms with van der Waals surface area (Å²) in [5.41, 5.74) is 21.1. The topological polar surface area (TPSA) is 27.0 Å². The summed E-state index contributed by atoms with van der Waals surface area (Å²) in [4.78, 5) is 2.51. The molecule has 10 rings (SSSR count). The average molecular weight is 723 g/mol. The number of anilines is 3. The lowest BCUT2D eigenvalue weighted by Crippen LogP contribution is -2.65. The second kappa shape index (κ2) is 14.1. The zero-order chi connectivity index (χ0) is 38.5. The molecule has 8 aromatic rings.